The molecule has 0 saturated heterocycles. The quantitative estimate of drug-likeness (QED) is 0.889. The second-order valence-electron chi connectivity index (χ2n) is 3.69. The smallest absolute Gasteiger partial charge is 0.241 e. The van der Waals surface area contributed by atoms with Gasteiger partial charge in [-0.3, -0.25) is 4.79 Å². The molecule has 0 radical (unpaired) electrons. The van der Waals surface area contributed by atoms with E-state index in [-0.39, 0.29) is 18.0 Å². The van der Waals surface area contributed by atoms with Gasteiger partial charge in [-0.1, -0.05) is 0 Å². The number of nitrogens with one attached hydrogen (secondary N) is 1. The highest BCUT2D eigenvalue weighted by Crippen LogP contribution is 2.20. The zero-order valence-corrected chi connectivity index (χ0v) is 10.1. The van der Waals surface area contributed by atoms with Crippen LogP contribution in [0.3, 0.4) is 0 Å². The van der Waals surface area contributed by atoms with Crippen LogP contribution in [0.25, 0.3) is 0 Å². The van der Waals surface area contributed by atoms with Crippen LogP contribution >= 0.6 is 0 Å². The molecule has 1 amide bonds. The highest BCUT2D eigenvalue weighted by molar-refractivity contribution is 5.80. The normalized spacial score (nSPS) is 9.72. The SMILES string of the molecule is CCN(C)C(=O)CNc1c(F)cc(C#N)cc1F. The van der Waals surface area contributed by atoms with Crippen LogP contribution < -0.4 is 5.32 Å². The van der Waals surface area contributed by atoms with Crippen LogP contribution in [0.4, 0.5) is 14.5 Å². The van der Waals surface area contributed by atoms with E-state index in [0.717, 1.165) is 12.1 Å². The third-order valence-corrected chi connectivity index (χ3v) is 2.49. The average molecular weight is 253 g/mol. The lowest BCUT2D eigenvalue weighted by Gasteiger charge is -2.15. The number of rotatable bonds is 4. The van der Waals surface area contributed by atoms with E-state index in [0.29, 0.717) is 6.54 Å². The fraction of sp³-hybridized carbons (Fsp3) is 0.333. The molecule has 0 aliphatic carbocycles. The van der Waals surface area contributed by atoms with Crippen LogP contribution in [-0.4, -0.2) is 30.9 Å². The molecule has 0 saturated carbocycles. The first-order valence-corrected chi connectivity index (χ1v) is 5.36. The van der Waals surface area contributed by atoms with Crippen molar-refractivity contribution in [3.05, 3.63) is 29.3 Å². The molecular weight excluding hydrogens is 240 g/mol. The third kappa shape index (κ3) is 3.17. The highest BCUT2D eigenvalue weighted by Gasteiger charge is 2.13. The minimum absolute atomic E-state index is 0.104. The van der Waals surface area contributed by atoms with Crippen molar-refractivity contribution in [3.63, 3.8) is 0 Å². The monoisotopic (exact) mass is 253 g/mol. The number of hydrogen-bond donors (Lipinski definition) is 1. The lowest BCUT2D eigenvalue weighted by atomic mass is 10.2. The van der Waals surface area contributed by atoms with Gasteiger partial charge in [0.1, 0.15) is 5.69 Å². The number of carbonyl (C=O) groups excluding carboxylic acids is 1. The maximum absolute atomic E-state index is 13.5. The number of anilines is 1. The van der Waals surface area contributed by atoms with Gasteiger partial charge >= 0.3 is 0 Å². The molecule has 0 aromatic heterocycles. The molecule has 0 aliphatic heterocycles. The Morgan fingerprint density at radius 1 is 1.44 bits per heavy atom. The summed E-state index contributed by atoms with van der Waals surface area (Å²) in [7, 11) is 1.59. The topological polar surface area (TPSA) is 56.1 Å². The fourth-order valence-corrected chi connectivity index (χ4v) is 1.28. The summed E-state index contributed by atoms with van der Waals surface area (Å²) in [5.41, 5.74) is -0.501. The third-order valence-electron chi connectivity index (χ3n) is 2.49. The maximum Gasteiger partial charge on any atom is 0.241 e. The number of amides is 1. The summed E-state index contributed by atoms with van der Waals surface area (Å²) in [5.74, 6) is -2.06. The maximum atomic E-state index is 13.5. The van der Waals surface area contributed by atoms with Crippen LogP contribution in [0.1, 0.15) is 12.5 Å². The number of nitrogens with zero attached hydrogens (tertiary/aromatic N) is 2. The molecule has 0 unspecified atom stereocenters. The minimum atomic E-state index is -0.890. The molecule has 0 aliphatic rings. The van der Waals surface area contributed by atoms with Gasteiger partial charge in [-0.05, 0) is 19.1 Å². The Kier molecular flexibility index (Phi) is 4.60. The van der Waals surface area contributed by atoms with Crippen molar-refractivity contribution in [2.75, 3.05) is 25.5 Å². The zero-order chi connectivity index (χ0) is 13.7. The van der Waals surface area contributed by atoms with Crippen molar-refractivity contribution in [2.45, 2.75) is 6.92 Å². The Hall–Kier alpha value is -2.16. The summed E-state index contributed by atoms with van der Waals surface area (Å²) in [6, 6.07) is 3.48. The Balaban J connectivity index is 2.81. The van der Waals surface area contributed by atoms with E-state index in [1.54, 1.807) is 20.0 Å². The van der Waals surface area contributed by atoms with Crippen LogP contribution in [0.15, 0.2) is 12.1 Å². The number of likely N-dealkylation sites (N-methyl/N-ethyl adjacent to an activating group) is 1. The molecule has 1 rings (SSSR count). The number of nitriles is 1. The summed E-state index contributed by atoms with van der Waals surface area (Å²) in [6.07, 6.45) is 0. The first-order chi connectivity index (χ1) is 8.49. The van der Waals surface area contributed by atoms with Crippen LogP contribution in [0.5, 0.6) is 0 Å². The lowest BCUT2D eigenvalue weighted by molar-refractivity contribution is -0.127. The molecular formula is C12H13F2N3O. The van der Waals surface area contributed by atoms with E-state index >= 15 is 0 Å². The summed E-state index contributed by atoms with van der Waals surface area (Å²) in [4.78, 5) is 12.9. The van der Waals surface area contributed by atoms with E-state index in [2.05, 4.69) is 5.32 Å². The molecule has 0 fully saturated rings. The highest BCUT2D eigenvalue weighted by atomic mass is 19.1. The van der Waals surface area contributed by atoms with Crippen LogP contribution in [0, 0.1) is 23.0 Å². The molecule has 4 nitrogen and oxygen atoms in total. The summed E-state index contributed by atoms with van der Waals surface area (Å²) in [6.45, 7) is 2.10. The average Bonchev–Trinajstić information content (AvgIpc) is 2.36. The Morgan fingerprint density at radius 2 is 2.00 bits per heavy atom. The van der Waals surface area contributed by atoms with Gasteiger partial charge in [-0.25, -0.2) is 8.78 Å². The first kappa shape index (κ1) is 13.9. The van der Waals surface area contributed by atoms with Crippen molar-refractivity contribution in [1.29, 1.82) is 5.26 Å². The fourth-order valence-electron chi connectivity index (χ4n) is 1.28. The van der Waals surface area contributed by atoms with Gasteiger partial charge in [-0.15, -0.1) is 0 Å². The predicted octanol–water partition coefficient (Wildman–Crippen LogP) is 1.73. The molecule has 18 heavy (non-hydrogen) atoms. The number of halogens is 2. The molecule has 1 aromatic rings. The number of carbonyl (C=O) groups is 1. The van der Waals surface area contributed by atoms with Crippen molar-refractivity contribution < 1.29 is 13.6 Å². The van der Waals surface area contributed by atoms with E-state index < -0.39 is 17.3 Å². The van der Waals surface area contributed by atoms with Gasteiger partial charge in [0.25, 0.3) is 0 Å². The van der Waals surface area contributed by atoms with E-state index in [1.165, 1.54) is 4.90 Å². The van der Waals surface area contributed by atoms with Gasteiger partial charge in [-0.2, -0.15) is 5.26 Å². The Labute approximate surface area is 104 Å². The van der Waals surface area contributed by atoms with Crippen molar-refractivity contribution in [1.82, 2.24) is 4.90 Å². The van der Waals surface area contributed by atoms with E-state index in [4.69, 9.17) is 5.26 Å². The van der Waals surface area contributed by atoms with Crippen molar-refractivity contribution >= 4 is 11.6 Å². The molecule has 1 N–H and O–H groups in total. The predicted molar refractivity (Wildman–Crippen MR) is 62.9 cm³/mol. The number of hydrogen-bond acceptors (Lipinski definition) is 3. The zero-order valence-electron chi connectivity index (χ0n) is 10.1. The van der Waals surface area contributed by atoms with Gasteiger partial charge in [0.05, 0.1) is 18.2 Å². The second kappa shape index (κ2) is 5.96. The van der Waals surface area contributed by atoms with Crippen LogP contribution in [0.2, 0.25) is 0 Å². The molecule has 1 aromatic carbocycles. The standard InChI is InChI=1S/C12H13F2N3O/c1-3-17(2)11(18)7-16-12-9(13)4-8(6-15)5-10(12)14/h4-5,16H,3,7H2,1-2H3. The van der Waals surface area contributed by atoms with Crippen LogP contribution in [-0.2, 0) is 4.79 Å². The molecule has 0 atom stereocenters. The van der Waals surface area contributed by atoms with Gasteiger partial charge in [0, 0.05) is 13.6 Å². The van der Waals surface area contributed by atoms with Crippen molar-refractivity contribution in [3.8, 4) is 6.07 Å². The number of benzene rings is 1. The van der Waals surface area contributed by atoms with E-state index in [1.807, 2.05) is 0 Å². The summed E-state index contributed by atoms with van der Waals surface area (Å²) >= 11 is 0. The first-order valence-electron chi connectivity index (χ1n) is 5.36. The largest absolute Gasteiger partial charge is 0.371 e. The minimum Gasteiger partial charge on any atom is -0.371 e. The lowest BCUT2D eigenvalue weighted by Crippen LogP contribution is -2.32. The molecule has 0 spiro atoms. The Bertz CT molecular complexity index is 474. The molecule has 96 valence electrons. The van der Waals surface area contributed by atoms with Gasteiger partial charge in [0.15, 0.2) is 11.6 Å². The molecule has 6 heteroatoms. The Morgan fingerprint density at radius 3 is 2.44 bits per heavy atom. The van der Waals surface area contributed by atoms with Gasteiger partial charge in [0.2, 0.25) is 5.91 Å². The summed E-state index contributed by atoms with van der Waals surface area (Å²) < 4.78 is 26.9. The van der Waals surface area contributed by atoms with Crippen molar-refractivity contribution in [2.24, 2.45) is 0 Å². The molecule has 0 heterocycles. The summed E-state index contributed by atoms with van der Waals surface area (Å²) in [5, 5.41) is 10.9. The molecule has 0 bridgehead atoms. The second-order valence-corrected chi connectivity index (χ2v) is 3.69. The van der Waals surface area contributed by atoms with E-state index in [9.17, 15) is 13.6 Å². The van der Waals surface area contributed by atoms with Gasteiger partial charge < -0.3 is 10.2 Å².